The van der Waals surface area contributed by atoms with Crippen molar-refractivity contribution in [2.75, 3.05) is 25.1 Å². The average molecular weight is 341 g/mol. The lowest BCUT2D eigenvalue weighted by Gasteiger charge is -2.43. The van der Waals surface area contributed by atoms with Gasteiger partial charge in [0, 0.05) is 12.3 Å². The molecule has 130 valence electrons. The third-order valence-corrected chi connectivity index (χ3v) is 5.17. The van der Waals surface area contributed by atoms with E-state index < -0.39 is 11.6 Å². The summed E-state index contributed by atoms with van der Waals surface area (Å²) in [6, 6.07) is -0.445. The van der Waals surface area contributed by atoms with E-state index in [1.807, 2.05) is 6.26 Å². The smallest absolute Gasteiger partial charge is 0.325 e. The van der Waals surface area contributed by atoms with E-state index in [0.717, 1.165) is 17.1 Å². The van der Waals surface area contributed by atoms with Gasteiger partial charge in [0.25, 0.3) is 5.91 Å². The monoisotopic (exact) mass is 341 g/mol. The number of imide groups is 1. The molecule has 2 unspecified atom stereocenters. The summed E-state index contributed by atoms with van der Waals surface area (Å²) in [7, 11) is 0. The topological polar surface area (TPSA) is 78.5 Å². The Kier molecular flexibility index (Phi) is 5.28. The van der Waals surface area contributed by atoms with Crippen LogP contribution in [0.4, 0.5) is 4.79 Å². The Hall–Kier alpha value is -1.24. The molecule has 1 aliphatic carbocycles. The molecule has 0 aromatic carbocycles. The zero-order valence-electron chi connectivity index (χ0n) is 14.4. The van der Waals surface area contributed by atoms with Gasteiger partial charge >= 0.3 is 6.03 Å². The molecule has 1 saturated carbocycles. The molecule has 0 radical (unpaired) electrons. The average Bonchev–Trinajstić information content (AvgIpc) is 2.60. The number of amides is 4. The Balaban J connectivity index is 2.06. The van der Waals surface area contributed by atoms with Crippen LogP contribution in [-0.2, 0) is 9.59 Å². The number of nitrogens with one attached hydrogen (secondary N) is 2. The van der Waals surface area contributed by atoms with Crippen molar-refractivity contribution in [1.29, 1.82) is 0 Å². The van der Waals surface area contributed by atoms with Crippen LogP contribution in [0.1, 0.15) is 40.0 Å². The predicted octanol–water partition coefficient (Wildman–Crippen LogP) is 1.60. The molecule has 1 saturated heterocycles. The van der Waals surface area contributed by atoms with Crippen LogP contribution < -0.4 is 10.6 Å². The summed E-state index contributed by atoms with van der Waals surface area (Å²) in [6.45, 7) is 6.71. The van der Waals surface area contributed by atoms with Crippen LogP contribution in [0.15, 0.2) is 0 Å². The van der Waals surface area contributed by atoms with Crippen molar-refractivity contribution >= 4 is 29.6 Å². The highest BCUT2D eigenvalue weighted by atomic mass is 32.2. The van der Waals surface area contributed by atoms with Crippen LogP contribution in [0, 0.1) is 11.3 Å². The first-order valence-corrected chi connectivity index (χ1v) is 9.48. The Morgan fingerprint density at radius 1 is 1.39 bits per heavy atom. The summed E-state index contributed by atoms with van der Waals surface area (Å²) in [4.78, 5) is 38.1. The zero-order valence-corrected chi connectivity index (χ0v) is 15.2. The van der Waals surface area contributed by atoms with E-state index in [4.69, 9.17) is 0 Å². The molecule has 2 fully saturated rings. The van der Waals surface area contributed by atoms with Crippen LogP contribution >= 0.6 is 11.8 Å². The summed E-state index contributed by atoms with van der Waals surface area (Å²) in [5.74, 6) is 0.629. The standard InChI is InChI=1S/C16H27N3O3S/c1-11-7-15(2,3)10-16(8-11)13(21)19(14(22)18-16)9-12(20)17-5-6-23-4/h11H,5-10H2,1-4H3,(H,17,20)(H,18,22). The van der Waals surface area contributed by atoms with Gasteiger partial charge in [-0.15, -0.1) is 0 Å². The summed E-state index contributed by atoms with van der Waals surface area (Å²) < 4.78 is 0. The summed E-state index contributed by atoms with van der Waals surface area (Å²) >= 11 is 1.63. The molecule has 1 aliphatic heterocycles. The second-order valence-corrected chi connectivity index (χ2v) is 8.59. The number of carbonyl (C=O) groups is 3. The van der Waals surface area contributed by atoms with Crippen molar-refractivity contribution in [2.45, 2.75) is 45.6 Å². The van der Waals surface area contributed by atoms with Crippen molar-refractivity contribution in [3.63, 3.8) is 0 Å². The molecule has 2 atom stereocenters. The highest BCUT2D eigenvalue weighted by Crippen LogP contribution is 2.46. The molecule has 4 amide bonds. The quantitative estimate of drug-likeness (QED) is 0.588. The van der Waals surface area contributed by atoms with Crippen molar-refractivity contribution < 1.29 is 14.4 Å². The fourth-order valence-corrected chi connectivity index (χ4v) is 4.45. The summed E-state index contributed by atoms with van der Waals surface area (Å²) in [6.07, 6.45) is 4.26. The lowest BCUT2D eigenvalue weighted by molar-refractivity contribution is -0.137. The van der Waals surface area contributed by atoms with Crippen LogP contribution in [-0.4, -0.2) is 53.4 Å². The highest BCUT2D eigenvalue weighted by Gasteiger charge is 2.56. The number of urea groups is 1. The van der Waals surface area contributed by atoms with Gasteiger partial charge in [-0.3, -0.25) is 14.5 Å². The molecule has 2 rings (SSSR count). The first-order chi connectivity index (χ1) is 10.7. The number of carbonyl (C=O) groups excluding carboxylic acids is 3. The maximum absolute atomic E-state index is 12.9. The first kappa shape index (κ1) is 18.1. The summed E-state index contributed by atoms with van der Waals surface area (Å²) in [5.41, 5.74) is -0.838. The van der Waals surface area contributed by atoms with Gasteiger partial charge in [0.1, 0.15) is 12.1 Å². The minimum atomic E-state index is -0.836. The molecule has 6 nitrogen and oxygen atoms in total. The predicted molar refractivity (Wildman–Crippen MR) is 91.2 cm³/mol. The first-order valence-electron chi connectivity index (χ1n) is 8.09. The van der Waals surface area contributed by atoms with E-state index in [0.29, 0.717) is 25.3 Å². The normalized spacial score (nSPS) is 29.7. The minimum absolute atomic E-state index is 0.00275. The number of rotatable bonds is 5. The number of hydrogen-bond acceptors (Lipinski definition) is 4. The van der Waals surface area contributed by atoms with Gasteiger partial charge in [0.2, 0.25) is 5.91 Å². The molecule has 2 aliphatic rings. The maximum atomic E-state index is 12.9. The highest BCUT2D eigenvalue weighted by molar-refractivity contribution is 7.98. The number of hydrogen-bond donors (Lipinski definition) is 2. The van der Waals surface area contributed by atoms with E-state index in [2.05, 4.69) is 31.4 Å². The van der Waals surface area contributed by atoms with Gasteiger partial charge in [-0.2, -0.15) is 11.8 Å². The zero-order chi connectivity index (χ0) is 17.3. The lowest BCUT2D eigenvalue weighted by Crippen LogP contribution is -2.54. The lowest BCUT2D eigenvalue weighted by atomic mass is 9.64. The Morgan fingerprint density at radius 3 is 2.70 bits per heavy atom. The van der Waals surface area contributed by atoms with Gasteiger partial charge in [-0.05, 0) is 36.9 Å². The Morgan fingerprint density at radius 2 is 2.09 bits per heavy atom. The Bertz CT molecular complexity index is 509. The fraction of sp³-hybridized carbons (Fsp3) is 0.812. The molecule has 0 bridgehead atoms. The second-order valence-electron chi connectivity index (χ2n) is 7.60. The van der Waals surface area contributed by atoms with Crippen molar-refractivity contribution in [3.8, 4) is 0 Å². The van der Waals surface area contributed by atoms with E-state index in [1.165, 1.54) is 0 Å². The van der Waals surface area contributed by atoms with Crippen LogP contribution in [0.5, 0.6) is 0 Å². The van der Waals surface area contributed by atoms with E-state index in [-0.39, 0.29) is 23.8 Å². The third kappa shape index (κ3) is 4.00. The van der Waals surface area contributed by atoms with Gasteiger partial charge in [-0.25, -0.2) is 4.79 Å². The van der Waals surface area contributed by atoms with Gasteiger partial charge in [0.15, 0.2) is 0 Å². The molecule has 0 aromatic rings. The second kappa shape index (κ2) is 6.71. The van der Waals surface area contributed by atoms with Crippen molar-refractivity contribution in [3.05, 3.63) is 0 Å². The fourth-order valence-electron chi connectivity index (χ4n) is 4.14. The molecule has 23 heavy (non-hydrogen) atoms. The molecular formula is C16H27N3O3S. The van der Waals surface area contributed by atoms with Crippen molar-refractivity contribution in [1.82, 2.24) is 15.5 Å². The SMILES string of the molecule is CSCCNC(=O)CN1C(=O)NC2(CC(C)CC(C)(C)C2)C1=O. The Labute approximate surface area is 142 Å². The van der Waals surface area contributed by atoms with Gasteiger partial charge in [-0.1, -0.05) is 20.8 Å². The molecule has 1 heterocycles. The third-order valence-electron chi connectivity index (χ3n) is 4.55. The molecule has 2 N–H and O–H groups in total. The largest absolute Gasteiger partial charge is 0.354 e. The minimum Gasteiger partial charge on any atom is -0.354 e. The molecule has 1 spiro atoms. The van der Waals surface area contributed by atoms with Crippen molar-refractivity contribution in [2.24, 2.45) is 11.3 Å². The van der Waals surface area contributed by atoms with Gasteiger partial charge < -0.3 is 10.6 Å². The maximum Gasteiger partial charge on any atom is 0.325 e. The van der Waals surface area contributed by atoms with Gasteiger partial charge in [0.05, 0.1) is 0 Å². The van der Waals surface area contributed by atoms with E-state index in [9.17, 15) is 14.4 Å². The van der Waals surface area contributed by atoms with Crippen LogP contribution in [0.2, 0.25) is 0 Å². The van der Waals surface area contributed by atoms with Crippen LogP contribution in [0.25, 0.3) is 0 Å². The number of nitrogens with zero attached hydrogens (tertiary/aromatic N) is 1. The molecule has 7 heteroatoms. The van der Waals surface area contributed by atoms with E-state index >= 15 is 0 Å². The number of thioether (sulfide) groups is 1. The van der Waals surface area contributed by atoms with E-state index in [1.54, 1.807) is 11.8 Å². The summed E-state index contributed by atoms with van der Waals surface area (Å²) in [5, 5.41) is 5.62. The molecule has 0 aromatic heterocycles. The van der Waals surface area contributed by atoms with Crippen LogP contribution in [0.3, 0.4) is 0 Å². The molecular weight excluding hydrogens is 314 g/mol.